The van der Waals surface area contributed by atoms with Crippen LogP contribution in [0.15, 0.2) is 41.0 Å². The van der Waals surface area contributed by atoms with Gasteiger partial charge in [-0.1, -0.05) is 29.4 Å². The van der Waals surface area contributed by atoms with Crippen LogP contribution in [-0.2, 0) is 11.8 Å². The van der Waals surface area contributed by atoms with Gasteiger partial charge >= 0.3 is 0 Å². The highest BCUT2D eigenvalue weighted by atomic mass is 35.5. The van der Waals surface area contributed by atoms with Gasteiger partial charge < -0.3 is 9.88 Å². The SMILES string of the molecule is CC(Sc1nnc(-c2cccs2)n1C)C(=O)Nc1ccc(Cl)cn1. The maximum Gasteiger partial charge on any atom is 0.238 e. The molecule has 3 aromatic rings. The molecule has 1 amide bonds. The van der Waals surface area contributed by atoms with Crippen LogP contribution >= 0.6 is 34.7 Å². The smallest absolute Gasteiger partial charge is 0.238 e. The molecule has 0 aliphatic rings. The summed E-state index contributed by atoms with van der Waals surface area (Å²) in [5.41, 5.74) is 0. The maximum atomic E-state index is 12.3. The number of carbonyl (C=O) groups is 1. The zero-order valence-electron chi connectivity index (χ0n) is 12.9. The molecule has 3 heterocycles. The van der Waals surface area contributed by atoms with Crippen molar-refractivity contribution in [3.05, 3.63) is 40.9 Å². The molecule has 0 spiro atoms. The molecule has 0 aliphatic heterocycles. The monoisotopic (exact) mass is 379 g/mol. The first kappa shape index (κ1) is 16.9. The van der Waals surface area contributed by atoms with Gasteiger partial charge in [-0.25, -0.2) is 4.98 Å². The molecule has 24 heavy (non-hydrogen) atoms. The molecule has 9 heteroatoms. The standard InChI is InChI=1S/C15H14ClN5OS2/c1-9(14(22)18-12-6-5-10(16)8-17-12)24-15-20-19-13(21(15)2)11-4-3-7-23-11/h3-9H,1-2H3,(H,17,18,22). The minimum atomic E-state index is -0.346. The Morgan fingerprint density at radius 2 is 2.21 bits per heavy atom. The second kappa shape index (κ2) is 7.33. The number of nitrogens with zero attached hydrogens (tertiary/aromatic N) is 4. The first-order chi connectivity index (χ1) is 11.5. The van der Waals surface area contributed by atoms with Gasteiger partial charge in [0.05, 0.1) is 15.1 Å². The van der Waals surface area contributed by atoms with Crippen molar-refractivity contribution in [2.75, 3.05) is 5.32 Å². The zero-order chi connectivity index (χ0) is 17.1. The van der Waals surface area contributed by atoms with E-state index in [2.05, 4.69) is 20.5 Å². The number of nitrogens with one attached hydrogen (secondary N) is 1. The molecule has 124 valence electrons. The summed E-state index contributed by atoms with van der Waals surface area (Å²) in [6.45, 7) is 1.81. The van der Waals surface area contributed by atoms with E-state index < -0.39 is 0 Å². The lowest BCUT2D eigenvalue weighted by Crippen LogP contribution is -2.23. The second-order valence-electron chi connectivity index (χ2n) is 4.95. The first-order valence-corrected chi connectivity index (χ1v) is 9.20. The number of halogens is 1. The number of amides is 1. The van der Waals surface area contributed by atoms with Gasteiger partial charge in [0.25, 0.3) is 0 Å². The van der Waals surface area contributed by atoms with E-state index in [4.69, 9.17) is 11.6 Å². The average molecular weight is 380 g/mol. The number of carbonyl (C=O) groups excluding carboxylic acids is 1. The molecule has 0 bridgehead atoms. The zero-order valence-corrected chi connectivity index (χ0v) is 15.3. The van der Waals surface area contributed by atoms with Crippen LogP contribution in [0.1, 0.15) is 6.92 Å². The second-order valence-corrected chi connectivity index (χ2v) is 7.65. The van der Waals surface area contributed by atoms with Crippen LogP contribution in [0.4, 0.5) is 5.82 Å². The van der Waals surface area contributed by atoms with E-state index in [0.29, 0.717) is 16.0 Å². The van der Waals surface area contributed by atoms with Crippen molar-refractivity contribution in [3.8, 4) is 10.7 Å². The summed E-state index contributed by atoms with van der Waals surface area (Å²) in [5.74, 6) is 1.10. The molecular formula is C15H14ClN5OS2. The third kappa shape index (κ3) is 3.77. The maximum absolute atomic E-state index is 12.3. The number of anilines is 1. The van der Waals surface area contributed by atoms with E-state index in [1.54, 1.807) is 23.5 Å². The molecule has 6 nitrogen and oxygen atoms in total. The molecule has 0 saturated heterocycles. The third-order valence-electron chi connectivity index (χ3n) is 3.21. The van der Waals surface area contributed by atoms with E-state index in [1.807, 2.05) is 36.1 Å². The van der Waals surface area contributed by atoms with Gasteiger partial charge in [-0.2, -0.15) is 0 Å². The molecule has 1 unspecified atom stereocenters. The van der Waals surface area contributed by atoms with Crippen LogP contribution in [0.5, 0.6) is 0 Å². The molecule has 3 aromatic heterocycles. The summed E-state index contributed by atoms with van der Waals surface area (Å²) in [5, 5.41) is 14.0. The third-order valence-corrected chi connectivity index (χ3v) is 5.43. The summed E-state index contributed by atoms with van der Waals surface area (Å²) >= 11 is 8.73. The van der Waals surface area contributed by atoms with Crippen molar-refractivity contribution < 1.29 is 4.79 Å². The summed E-state index contributed by atoms with van der Waals surface area (Å²) in [4.78, 5) is 17.4. The van der Waals surface area contributed by atoms with Crippen LogP contribution in [0.2, 0.25) is 5.02 Å². The quantitative estimate of drug-likeness (QED) is 0.684. The molecule has 0 radical (unpaired) electrons. The molecule has 0 aromatic carbocycles. The fourth-order valence-electron chi connectivity index (χ4n) is 1.93. The Bertz CT molecular complexity index is 832. The van der Waals surface area contributed by atoms with Crippen LogP contribution in [0.25, 0.3) is 10.7 Å². The minimum absolute atomic E-state index is 0.157. The van der Waals surface area contributed by atoms with Crippen LogP contribution in [0.3, 0.4) is 0 Å². The first-order valence-electron chi connectivity index (χ1n) is 7.07. The topological polar surface area (TPSA) is 72.7 Å². The van der Waals surface area contributed by atoms with E-state index >= 15 is 0 Å². The number of aromatic nitrogens is 4. The summed E-state index contributed by atoms with van der Waals surface area (Å²) in [6, 6.07) is 7.30. The molecule has 0 saturated carbocycles. The predicted molar refractivity (Wildman–Crippen MR) is 97.5 cm³/mol. The van der Waals surface area contributed by atoms with Crippen molar-refractivity contribution in [2.24, 2.45) is 7.05 Å². The fourth-order valence-corrected chi connectivity index (χ4v) is 3.60. The van der Waals surface area contributed by atoms with E-state index in [-0.39, 0.29) is 11.2 Å². The van der Waals surface area contributed by atoms with E-state index in [9.17, 15) is 4.79 Å². The Balaban J connectivity index is 1.67. The minimum Gasteiger partial charge on any atom is -0.310 e. The van der Waals surface area contributed by atoms with Crippen molar-refractivity contribution in [2.45, 2.75) is 17.3 Å². The molecule has 0 fully saturated rings. The Labute approximate surface area is 152 Å². The number of hydrogen-bond acceptors (Lipinski definition) is 6. The van der Waals surface area contributed by atoms with Crippen molar-refractivity contribution >= 4 is 46.4 Å². The normalized spacial score (nSPS) is 12.1. The number of pyridine rings is 1. The number of thiophene rings is 1. The summed E-state index contributed by atoms with van der Waals surface area (Å²) in [7, 11) is 1.89. The summed E-state index contributed by atoms with van der Waals surface area (Å²) in [6.07, 6.45) is 1.49. The number of rotatable bonds is 5. The molecule has 1 N–H and O–H groups in total. The highest BCUT2D eigenvalue weighted by molar-refractivity contribution is 8.00. The largest absolute Gasteiger partial charge is 0.310 e. The van der Waals surface area contributed by atoms with Gasteiger partial charge in [-0.15, -0.1) is 21.5 Å². The predicted octanol–water partition coefficient (Wildman–Crippen LogP) is 3.71. The number of thioether (sulfide) groups is 1. The average Bonchev–Trinajstić information content (AvgIpc) is 3.20. The van der Waals surface area contributed by atoms with Crippen LogP contribution in [0, 0.1) is 0 Å². The van der Waals surface area contributed by atoms with Crippen molar-refractivity contribution in [3.63, 3.8) is 0 Å². The molecule has 1 atom stereocenters. The van der Waals surface area contributed by atoms with Crippen LogP contribution < -0.4 is 5.32 Å². The molecular weight excluding hydrogens is 366 g/mol. The Hall–Kier alpha value is -1.90. The van der Waals surface area contributed by atoms with Gasteiger partial charge in [0.1, 0.15) is 5.82 Å². The summed E-state index contributed by atoms with van der Waals surface area (Å²) < 4.78 is 1.89. The molecule has 3 rings (SSSR count). The highest BCUT2D eigenvalue weighted by Crippen LogP contribution is 2.28. The van der Waals surface area contributed by atoms with E-state index in [1.165, 1.54) is 18.0 Å². The van der Waals surface area contributed by atoms with Crippen LogP contribution in [-0.4, -0.2) is 30.9 Å². The van der Waals surface area contributed by atoms with Crippen molar-refractivity contribution in [1.82, 2.24) is 19.7 Å². The van der Waals surface area contributed by atoms with Gasteiger partial charge in [0, 0.05) is 13.2 Å². The van der Waals surface area contributed by atoms with Gasteiger partial charge in [-0.05, 0) is 30.5 Å². The lowest BCUT2D eigenvalue weighted by Gasteiger charge is -2.11. The van der Waals surface area contributed by atoms with Gasteiger partial charge in [0.2, 0.25) is 5.91 Å². The highest BCUT2D eigenvalue weighted by Gasteiger charge is 2.20. The Kier molecular flexibility index (Phi) is 5.17. The lowest BCUT2D eigenvalue weighted by molar-refractivity contribution is -0.115. The van der Waals surface area contributed by atoms with E-state index in [0.717, 1.165) is 10.7 Å². The Morgan fingerprint density at radius 1 is 1.38 bits per heavy atom. The Morgan fingerprint density at radius 3 is 2.88 bits per heavy atom. The van der Waals surface area contributed by atoms with Gasteiger partial charge in [-0.3, -0.25) is 4.79 Å². The number of hydrogen-bond donors (Lipinski definition) is 1. The van der Waals surface area contributed by atoms with Crippen molar-refractivity contribution in [1.29, 1.82) is 0 Å². The lowest BCUT2D eigenvalue weighted by atomic mass is 10.4. The molecule has 0 aliphatic carbocycles. The van der Waals surface area contributed by atoms with Gasteiger partial charge in [0.15, 0.2) is 11.0 Å². The fraction of sp³-hybridized carbons (Fsp3) is 0.200.